The van der Waals surface area contributed by atoms with E-state index in [1.807, 2.05) is 0 Å². The van der Waals surface area contributed by atoms with Gasteiger partial charge in [-0.3, -0.25) is 4.79 Å². The molecule has 2 aromatic heterocycles. The molecule has 1 unspecified atom stereocenters. The van der Waals surface area contributed by atoms with Crippen molar-refractivity contribution in [2.24, 2.45) is 5.92 Å². The first-order valence-electron chi connectivity index (χ1n) is 11.8. The highest BCUT2D eigenvalue weighted by molar-refractivity contribution is 7.89. The largest absolute Gasteiger partial charge is 0.444 e. The number of ether oxygens (including phenoxy) is 1. The molecule has 0 radical (unpaired) electrons. The Morgan fingerprint density at radius 1 is 1.17 bits per heavy atom. The molecule has 2 fully saturated rings. The second-order valence-electron chi connectivity index (χ2n) is 10.4. The van der Waals surface area contributed by atoms with Crippen molar-refractivity contribution in [3.63, 3.8) is 0 Å². The molecule has 3 heterocycles. The van der Waals surface area contributed by atoms with Gasteiger partial charge in [-0.2, -0.15) is 4.31 Å². The SMILES string of the molecule is CC(C)(C)OC(=O)NC12C[C@@H]1CN(S(=O)(=O)c1ccc(CNC(=O)c3ccc4nccn4c3)cc1)C2. The molecule has 0 bridgehead atoms. The van der Waals surface area contributed by atoms with Crippen molar-refractivity contribution in [3.05, 3.63) is 66.1 Å². The summed E-state index contributed by atoms with van der Waals surface area (Å²) in [5.41, 5.74) is 0.855. The van der Waals surface area contributed by atoms with Gasteiger partial charge in [-0.15, -0.1) is 0 Å². The molecule has 2 amide bonds. The van der Waals surface area contributed by atoms with Crippen molar-refractivity contribution < 1.29 is 22.7 Å². The molecule has 1 aliphatic carbocycles. The van der Waals surface area contributed by atoms with Gasteiger partial charge in [0.25, 0.3) is 5.91 Å². The number of sulfonamides is 1. The van der Waals surface area contributed by atoms with E-state index in [-0.39, 0.29) is 29.8 Å². The predicted molar refractivity (Wildman–Crippen MR) is 132 cm³/mol. The van der Waals surface area contributed by atoms with E-state index in [4.69, 9.17) is 4.74 Å². The first-order chi connectivity index (χ1) is 17.0. The monoisotopic (exact) mass is 511 g/mol. The highest BCUT2D eigenvalue weighted by Gasteiger charge is 2.63. The lowest BCUT2D eigenvalue weighted by Crippen LogP contribution is -2.45. The van der Waals surface area contributed by atoms with Crippen molar-refractivity contribution in [2.45, 2.75) is 49.8 Å². The van der Waals surface area contributed by atoms with Crippen LogP contribution in [0.25, 0.3) is 5.65 Å². The molecule has 1 saturated heterocycles. The van der Waals surface area contributed by atoms with E-state index in [1.165, 1.54) is 4.31 Å². The summed E-state index contributed by atoms with van der Waals surface area (Å²) in [7, 11) is -3.71. The number of hydrogen-bond donors (Lipinski definition) is 2. The molecule has 36 heavy (non-hydrogen) atoms. The number of pyridine rings is 1. The molecule has 1 saturated carbocycles. The summed E-state index contributed by atoms with van der Waals surface area (Å²) in [5.74, 6) is -0.155. The number of benzene rings is 1. The molecule has 0 spiro atoms. The number of nitrogens with zero attached hydrogens (tertiary/aromatic N) is 3. The van der Waals surface area contributed by atoms with Crippen molar-refractivity contribution in [3.8, 4) is 0 Å². The number of alkyl carbamates (subject to hydrolysis) is 1. The van der Waals surface area contributed by atoms with Gasteiger partial charge >= 0.3 is 6.09 Å². The summed E-state index contributed by atoms with van der Waals surface area (Å²) in [4.78, 5) is 29.1. The second kappa shape index (κ2) is 8.59. The molecule has 2 atom stereocenters. The maximum atomic E-state index is 13.2. The second-order valence-corrected chi connectivity index (χ2v) is 12.4. The number of carbonyl (C=O) groups is 2. The van der Waals surface area contributed by atoms with Crippen LogP contribution < -0.4 is 10.6 Å². The molecule has 2 N–H and O–H groups in total. The van der Waals surface area contributed by atoms with Gasteiger partial charge < -0.3 is 19.8 Å². The van der Waals surface area contributed by atoms with Gasteiger partial charge in [-0.1, -0.05) is 12.1 Å². The number of imidazole rings is 1. The molecule has 190 valence electrons. The maximum absolute atomic E-state index is 13.2. The number of fused-ring (bicyclic) bond motifs is 2. The Kier molecular flexibility index (Phi) is 5.79. The number of amides is 2. The zero-order valence-electron chi connectivity index (χ0n) is 20.4. The van der Waals surface area contributed by atoms with Gasteiger partial charge in [0.1, 0.15) is 11.2 Å². The number of carbonyl (C=O) groups excluding carboxylic acids is 2. The molecule has 1 aromatic carbocycles. The lowest BCUT2D eigenvalue weighted by Gasteiger charge is -2.24. The first-order valence-corrected chi connectivity index (χ1v) is 13.2. The van der Waals surface area contributed by atoms with Crippen LogP contribution in [0.4, 0.5) is 4.79 Å². The molecule has 5 rings (SSSR count). The summed E-state index contributed by atoms with van der Waals surface area (Å²) in [6, 6.07) is 9.95. The number of rotatable bonds is 6. The number of piperidine rings is 1. The highest BCUT2D eigenvalue weighted by atomic mass is 32.2. The Morgan fingerprint density at radius 3 is 2.64 bits per heavy atom. The van der Waals surface area contributed by atoms with Gasteiger partial charge in [0, 0.05) is 38.2 Å². The smallest absolute Gasteiger partial charge is 0.408 e. The highest BCUT2D eigenvalue weighted by Crippen LogP contribution is 2.50. The minimum atomic E-state index is -3.71. The summed E-state index contributed by atoms with van der Waals surface area (Å²) in [6.07, 6.45) is 5.35. The summed E-state index contributed by atoms with van der Waals surface area (Å²) in [5, 5.41) is 5.74. The predicted octanol–water partition coefficient (Wildman–Crippen LogP) is 2.55. The van der Waals surface area contributed by atoms with Crippen LogP contribution >= 0.6 is 0 Å². The van der Waals surface area contributed by atoms with E-state index < -0.39 is 27.3 Å². The summed E-state index contributed by atoms with van der Waals surface area (Å²) in [6.45, 7) is 6.20. The standard InChI is InChI=1S/C25H29N5O5S/c1-24(2,3)35-23(32)28-25-12-19(25)15-30(16-25)36(33,34)20-7-4-17(5-8-20)13-27-22(31)18-6-9-21-26-10-11-29(21)14-18/h4-11,14,19H,12-13,15-16H2,1-3H3,(H,27,31)(H,28,32)/t19-,25?/m1/s1. The van der Waals surface area contributed by atoms with Crippen LogP contribution in [-0.4, -0.2) is 58.3 Å². The van der Waals surface area contributed by atoms with E-state index >= 15 is 0 Å². The van der Waals surface area contributed by atoms with Crippen LogP contribution in [0, 0.1) is 5.92 Å². The van der Waals surface area contributed by atoms with Crippen molar-refractivity contribution in [1.29, 1.82) is 0 Å². The molecule has 3 aromatic rings. The Labute approximate surface area is 209 Å². The van der Waals surface area contributed by atoms with Crippen LogP contribution in [0.5, 0.6) is 0 Å². The van der Waals surface area contributed by atoms with Gasteiger partial charge in [0.15, 0.2) is 0 Å². The third-order valence-electron chi connectivity index (χ3n) is 6.53. The number of nitrogens with one attached hydrogen (secondary N) is 2. The van der Waals surface area contributed by atoms with Crippen LogP contribution in [0.2, 0.25) is 0 Å². The van der Waals surface area contributed by atoms with Crippen molar-refractivity contribution >= 4 is 27.7 Å². The maximum Gasteiger partial charge on any atom is 0.408 e. The lowest BCUT2D eigenvalue weighted by molar-refractivity contribution is 0.0494. The summed E-state index contributed by atoms with van der Waals surface area (Å²) < 4.78 is 34.9. The summed E-state index contributed by atoms with van der Waals surface area (Å²) >= 11 is 0. The van der Waals surface area contributed by atoms with Crippen LogP contribution in [0.15, 0.2) is 59.9 Å². The van der Waals surface area contributed by atoms with Gasteiger partial charge in [-0.25, -0.2) is 18.2 Å². The van der Waals surface area contributed by atoms with Crippen LogP contribution in [0.3, 0.4) is 0 Å². The Balaban J connectivity index is 1.19. The number of aromatic nitrogens is 2. The zero-order valence-corrected chi connectivity index (χ0v) is 21.2. The Bertz CT molecular complexity index is 1430. The fraction of sp³-hybridized carbons (Fsp3) is 0.400. The normalized spacial score (nSPS) is 21.7. The average molecular weight is 512 g/mol. The molecule has 10 nitrogen and oxygen atoms in total. The zero-order chi connectivity index (χ0) is 25.7. The van der Waals surface area contributed by atoms with E-state index in [1.54, 1.807) is 80.2 Å². The van der Waals surface area contributed by atoms with Gasteiger partial charge in [0.2, 0.25) is 10.0 Å². The number of hydrogen-bond acceptors (Lipinski definition) is 6. The minimum absolute atomic E-state index is 0.0795. The fourth-order valence-electron chi connectivity index (χ4n) is 4.59. The van der Waals surface area contributed by atoms with E-state index in [0.29, 0.717) is 12.1 Å². The van der Waals surface area contributed by atoms with Crippen LogP contribution in [-0.2, 0) is 21.3 Å². The van der Waals surface area contributed by atoms with E-state index in [0.717, 1.165) is 17.6 Å². The van der Waals surface area contributed by atoms with Crippen molar-refractivity contribution in [1.82, 2.24) is 24.3 Å². The fourth-order valence-corrected chi connectivity index (χ4v) is 6.14. The molecule has 2 aliphatic rings. The van der Waals surface area contributed by atoms with Crippen LogP contribution in [0.1, 0.15) is 43.1 Å². The molecule has 1 aliphatic heterocycles. The molecule has 11 heteroatoms. The lowest BCUT2D eigenvalue weighted by atomic mass is 10.2. The first kappa shape index (κ1) is 24.3. The quantitative estimate of drug-likeness (QED) is 0.525. The van der Waals surface area contributed by atoms with E-state index in [2.05, 4.69) is 15.6 Å². The minimum Gasteiger partial charge on any atom is -0.444 e. The molecular formula is C25H29N5O5S. The molecular weight excluding hydrogens is 482 g/mol. The van der Waals surface area contributed by atoms with E-state index in [9.17, 15) is 18.0 Å². The van der Waals surface area contributed by atoms with Crippen molar-refractivity contribution in [2.75, 3.05) is 13.1 Å². The Morgan fingerprint density at radius 2 is 1.92 bits per heavy atom. The third kappa shape index (κ3) is 4.80. The Hall–Kier alpha value is -3.44. The third-order valence-corrected chi connectivity index (χ3v) is 8.36. The average Bonchev–Trinajstić information content (AvgIpc) is 3.13. The topological polar surface area (TPSA) is 122 Å². The van der Waals surface area contributed by atoms with Gasteiger partial charge in [-0.05, 0) is 62.9 Å². The van der Waals surface area contributed by atoms with Gasteiger partial charge in [0.05, 0.1) is 16.0 Å².